The van der Waals surface area contributed by atoms with Crippen molar-refractivity contribution >= 4 is 42.3 Å². The number of ether oxygens (including phenoxy) is 1. The second-order valence-corrected chi connectivity index (χ2v) is 6.63. The summed E-state index contributed by atoms with van der Waals surface area (Å²) >= 11 is 0. The molecule has 1 aromatic carbocycles. The Morgan fingerprint density at radius 3 is 2.41 bits per heavy atom. The van der Waals surface area contributed by atoms with E-state index in [2.05, 4.69) is 22.6 Å². The number of piperazine rings is 1. The molecule has 1 aromatic rings. The van der Waals surface area contributed by atoms with Crippen molar-refractivity contribution in [2.75, 3.05) is 58.3 Å². The minimum absolute atomic E-state index is 0. The van der Waals surface area contributed by atoms with Crippen molar-refractivity contribution in [2.24, 2.45) is 0 Å². The van der Waals surface area contributed by atoms with Crippen LogP contribution in [-0.4, -0.2) is 80.6 Å². The van der Waals surface area contributed by atoms with E-state index in [4.69, 9.17) is 4.74 Å². The van der Waals surface area contributed by atoms with Gasteiger partial charge < -0.3 is 25.2 Å². The first-order valence-corrected chi connectivity index (χ1v) is 8.79. The minimum Gasteiger partial charge on any atom is -0.378 e. The number of morpholine rings is 1. The van der Waals surface area contributed by atoms with Crippen molar-refractivity contribution in [3.63, 3.8) is 0 Å². The first-order valence-electron chi connectivity index (χ1n) is 8.79. The maximum Gasteiger partial charge on any atom is 0.243 e. The van der Waals surface area contributed by atoms with Crippen molar-refractivity contribution in [2.45, 2.75) is 12.5 Å². The molecule has 2 amide bonds. The molecule has 1 atom stereocenters. The zero-order valence-corrected chi connectivity index (χ0v) is 17.1. The quantitative estimate of drug-likeness (QED) is 0.755. The van der Waals surface area contributed by atoms with Crippen molar-refractivity contribution < 1.29 is 14.3 Å². The monoisotopic (exact) mass is 418 g/mol. The Bertz CT molecular complexity index is 601. The predicted molar refractivity (Wildman–Crippen MR) is 110 cm³/mol. The van der Waals surface area contributed by atoms with Gasteiger partial charge in [-0.05, 0) is 24.7 Å². The van der Waals surface area contributed by atoms with Crippen LogP contribution in [0.5, 0.6) is 0 Å². The fraction of sp³-hybridized carbons (Fsp3) is 0.556. The van der Waals surface area contributed by atoms with Gasteiger partial charge in [-0.2, -0.15) is 0 Å². The summed E-state index contributed by atoms with van der Waals surface area (Å²) in [4.78, 5) is 28.7. The Morgan fingerprint density at radius 1 is 1.15 bits per heavy atom. The van der Waals surface area contributed by atoms with Crippen molar-refractivity contribution in [1.82, 2.24) is 15.1 Å². The summed E-state index contributed by atoms with van der Waals surface area (Å²) in [5, 5.41) is 6.00. The molecule has 2 saturated heterocycles. The summed E-state index contributed by atoms with van der Waals surface area (Å²) in [5.74, 6) is 0.0643. The summed E-state index contributed by atoms with van der Waals surface area (Å²) in [7, 11) is 2.07. The molecule has 2 aliphatic rings. The standard InChI is InChI=1S/C18H26N4O3.2ClH/c1-21-7-9-22(10-8-21)17(23)12-14-2-4-15(5-3-14)20-18(24)16-13-25-11-6-19-16;;/h2-5,16,19H,6-13H2,1H3,(H,20,24);2*1H. The average Bonchev–Trinajstić information content (AvgIpc) is 2.64. The summed E-state index contributed by atoms with van der Waals surface area (Å²) in [6.45, 7) is 5.15. The first kappa shape index (κ1) is 23.7. The van der Waals surface area contributed by atoms with E-state index in [-0.39, 0.29) is 42.7 Å². The Kier molecular flexibility index (Phi) is 10.0. The lowest BCUT2D eigenvalue weighted by Crippen LogP contribution is -2.48. The van der Waals surface area contributed by atoms with Crippen LogP contribution in [0.3, 0.4) is 0 Å². The van der Waals surface area contributed by atoms with Gasteiger partial charge in [0.25, 0.3) is 0 Å². The van der Waals surface area contributed by atoms with E-state index in [1.54, 1.807) is 0 Å². The van der Waals surface area contributed by atoms with E-state index in [9.17, 15) is 9.59 Å². The predicted octanol–water partition coefficient (Wildman–Crippen LogP) is 0.774. The van der Waals surface area contributed by atoms with E-state index < -0.39 is 0 Å². The number of carbonyl (C=O) groups is 2. The summed E-state index contributed by atoms with van der Waals surface area (Å²) < 4.78 is 5.30. The lowest BCUT2D eigenvalue weighted by atomic mass is 10.1. The highest BCUT2D eigenvalue weighted by Gasteiger charge is 2.21. The van der Waals surface area contributed by atoms with Crippen LogP contribution >= 0.6 is 24.8 Å². The van der Waals surface area contributed by atoms with Crippen LogP contribution in [0, 0.1) is 0 Å². The molecule has 3 rings (SSSR count). The van der Waals surface area contributed by atoms with Crippen LogP contribution in [-0.2, 0) is 20.7 Å². The normalized spacial score (nSPS) is 20.2. The summed E-state index contributed by atoms with van der Waals surface area (Å²) in [6.07, 6.45) is 0.399. The molecule has 152 valence electrons. The molecule has 2 N–H and O–H groups in total. The smallest absolute Gasteiger partial charge is 0.243 e. The third kappa shape index (κ3) is 6.93. The third-order valence-corrected chi connectivity index (χ3v) is 4.67. The molecule has 27 heavy (non-hydrogen) atoms. The molecule has 9 heteroatoms. The number of nitrogens with zero attached hydrogens (tertiary/aromatic N) is 2. The van der Waals surface area contributed by atoms with Crippen molar-refractivity contribution in [3.8, 4) is 0 Å². The van der Waals surface area contributed by atoms with Crippen LogP contribution in [0.15, 0.2) is 24.3 Å². The topological polar surface area (TPSA) is 73.9 Å². The molecule has 0 aromatic heterocycles. The first-order chi connectivity index (χ1) is 12.1. The number of benzene rings is 1. The fourth-order valence-electron chi connectivity index (χ4n) is 3.01. The van der Waals surface area contributed by atoms with Gasteiger partial charge in [0.15, 0.2) is 0 Å². The van der Waals surface area contributed by atoms with Crippen LogP contribution < -0.4 is 10.6 Å². The van der Waals surface area contributed by atoms with E-state index in [0.29, 0.717) is 26.2 Å². The van der Waals surface area contributed by atoms with E-state index in [1.807, 2.05) is 29.2 Å². The Morgan fingerprint density at radius 2 is 1.81 bits per heavy atom. The van der Waals surface area contributed by atoms with Gasteiger partial charge in [-0.1, -0.05) is 12.1 Å². The zero-order valence-electron chi connectivity index (χ0n) is 15.5. The minimum atomic E-state index is -0.313. The Balaban J connectivity index is 0.00000182. The molecule has 2 heterocycles. The summed E-state index contributed by atoms with van der Waals surface area (Å²) in [5.41, 5.74) is 1.69. The van der Waals surface area contributed by atoms with Crippen LogP contribution in [0.1, 0.15) is 5.56 Å². The van der Waals surface area contributed by atoms with Gasteiger partial charge in [-0.25, -0.2) is 0 Å². The van der Waals surface area contributed by atoms with Crippen LogP contribution in [0.2, 0.25) is 0 Å². The molecular formula is C18H28Cl2N4O3. The van der Waals surface area contributed by atoms with Crippen molar-refractivity contribution in [3.05, 3.63) is 29.8 Å². The average molecular weight is 419 g/mol. The number of rotatable bonds is 4. The third-order valence-electron chi connectivity index (χ3n) is 4.67. The number of hydrogen-bond donors (Lipinski definition) is 2. The SMILES string of the molecule is CN1CCN(C(=O)Cc2ccc(NC(=O)C3COCCN3)cc2)CC1.Cl.Cl. The number of hydrogen-bond acceptors (Lipinski definition) is 5. The van der Waals surface area contributed by atoms with Gasteiger partial charge in [-0.15, -0.1) is 24.8 Å². The Hall–Kier alpha value is -1.38. The molecule has 0 bridgehead atoms. The second-order valence-electron chi connectivity index (χ2n) is 6.63. The lowest BCUT2D eigenvalue weighted by molar-refractivity contribution is -0.132. The maximum atomic E-state index is 12.4. The number of halogens is 2. The Labute approximate surface area is 172 Å². The fourth-order valence-corrected chi connectivity index (χ4v) is 3.01. The van der Waals surface area contributed by atoms with E-state index in [0.717, 1.165) is 37.4 Å². The largest absolute Gasteiger partial charge is 0.378 e. The maximum absolute atomic E-state index is 12.4. The van der Waals surface area contributed by atoms with Gasteiger partial charge in [0.2, 0.25) is 11.8 Å². The molecule has 0 saturated carbocycles. The van der Waals surface area contributed by atoms with Crippen molar-refractivity contribution in [1.29, 1.82) is 0 Å². The highest BCUT2D eigenvalue weighted by molar-refractivity contribution is 5.95. The van der Waals surface area contributed by atoms with Gasteiger partial charge >= 0.3 is 0 Å². The van der Waals surface area contributed by atoms with E-state index in [1.165, 1.54) is 0 Å². The highest BCUT2D eigenvalue weighted by atomic mass is 35.5. The number of nitrogens with one attached hydrogen (secondary N) is 2. The number of amides is 2. The molecule has 0 spiro atoms. The molecular weight excluding hydrogens is 391 g/mol. The van der Waals surface area contributed by atoms with E-state index >= 15 is 0 Å². The van der Waals surface area contributed by atoms with Gasteiger partial charge in [0.1, 0.15) is 6.04 Å². The molecule has 0 aliphatic carbocycles. The van der Waals surface area contributed by atoms with Crippen LogP contribution in [0.25, 0.3) is 0 Å². The second kappa shape index (κ2) is 11.5. The zero-order chi connectivity index (χ0) is 17.6. The van der Waals surface area contributed by atoms with Gasteiger partial charge in [0, 0.05) is 38.4 Å². The molecule has 2 fully saturated rings. The number of likely N-dealkylation sites (N-methyl/N-ethyl adjacent to an activating group) is 1. The number of anilines is 1. The molecule has 2 aliphatic heterocycles. The highest BCUT2D eigenvalue weighted by Crippen LogP contribution is 2.12. The molecule has 0 radical (unpaired) electrons. The van der Waals surface area contributed by atoms with Gasteiger partial charge in [-0.3, -0.25) is 9.59 Å². The molecule has 7 nitrogen and oxygen atoms in total. The lowest BCUT2D eigenvalue weighted by Gasteiger charge is -2.32. The van der Waals surface area contributed by atoms with Crippen LogP contribution in [0.4, 0.5) is 5.69 Å². The number of carbonyl (C=O) groups excluding carboxylic acids is 2. The summed E-state index contributed by atoms with van der Waals surface area (Å²) in [6, 6.07) is 7.16. The van der Waals surface area contributed by atoms with Gasteiger partial charge in [0.05, 0.1) is 19.6 Å². The molecule has 1 unspecified atom stereocenters.